The van der Waals surface area contributed by atoms with Crippen LogP contribution in [0.1, 0.15) is 11.5 Å². The van der Waals surface area contributed by atoms with Crippen LogP contribution in [0.3, 0.4) is 0 Å². The summed E-state index contributed by atoms with van der Waals surface area (Å²) < 4.78 is 5.12. The Morgan fingerprint density at radius 3 is 2.86 bits per heavy atom. The smallest absolute Gasteiger partial charge is 0.123 e. The normalized spacial score (nSPS) is 11.9. The number of nitrogens with two attached hydrogens (primary N) is 1. The Labute approximate surface area is 88.0 Å². The summed E-state index contributed by atoms with van der Waals surface area (Å²) in [4.78, 5) is 0. The van der Waals surface area contributed by atoms with Crippen LogP contribution in [-0.4, -0.2) is 13.7 Å². The highest BCUT2D eigenvalue weighted by atomic mass is 35.5. The lowest BCUT2D eigenvalue weighted by atomic mass is 10.00. The maximum atomic E-state index is 8.86. The Bertz CT molecular complexity index is 360. The Kier molecular flexibility index (Phi) is 3.75. The van der Waals surface area contributed by atoms with Crippen molar-refractivity contribution in [1.29, 1.82) is 5.26 Å². The zero-order chi connectivity index (χ0) is 10.6. The van der Waals surface area contributed by atoms with Crippen molar-refractivity contribution in [3.8, 4) is 11.8 Å². The molecule has 4 heteroatoms. The van der Waals surface area contributed by atoms with Crippen molar-refractivity contribution in [2.45, 2.75) is 5.92 Å². The van der Waals surface area contributed by atoms with Gasteiger partial charge in [0.1, 0.15) is 5.75 Å². The van der Waals surface area contributed by atoms with Gasteiger partial charge in [-0.05, 0) is 18.2 Å². The molecule has 1 unspecified atom stereocenters. The Balaban J connectivity index is 3.16. The van der Waals surface area contributed by atoms with E-state index in [1.807, 2.05) is 0 Å². The van der Waals surface area contributed by atoms with Crippen molar-refractivity contribution >= 4 is 11.6 Å². The van der Waals surface area contributed by atoms with Gasteiger partial charge in [-0.15, -0.1) is 0 Å². The van der Waals surface area contributed by atoms with Gasteiger partial charge in [-0.25, -0.2) is 0 Å². The molecule has 2 N–H and O–H groups in total. The molecule has 0 saturated carbocycles. The first-order chi connectivity index (χ1) is 6.72. The fourth-order valence-corrected chi connectivity index (χ4v) is 1.41. The Hall–Kier alpha value is -1.24. The molecule has 0 radical (unpaired) electrons. The van der Waals surface area contributed by atoms with E-state index in [0.29, 0.717) is 10.8 Å². The number of benzene rings is 1. The standard InChI is InChI=1S/C10H11ClN2O/c1-14-10-3-2-8(11)4-9(10)7(5-12)6-13/h2-4,7H,5,12H2,1H3. The molecule has 1 rings (SSSR count). The van der Waals surface area contributed by atoms with Crippen molar-refractivity contribution < 1.29 is 4.74 Å². The molecule has 0 spiro atoms. The summed E-state index contributed by atoms with van der Waals surface area (Å²) >= 11 is 5.83. The van der Waals surface area contributed by atoms with Crippen LogP contribution in [0.4, 0.5) is 0 Å². The topological polar surface area (TPSA) is 59.0 Å². The molecule has 0 bridgehead atoms. The second kappa shape index (κ2) is 4.85. The van der Waals surface area contributed by atoms with Crippen LogP contribution in [0.5, 0.6) is 5.75 Å². The SMILES string of the molecule is COc1ccc(Cl)cc1C(C#N)CN. The number of ether oxygens (including phenoxy) is 1. The monoisotopic (exact) mass is 210 g/mol. The zero-order valence-electron chi connectivity index (χ0n) is 7.83. The molecule has 14 heavy (non-hydrogen) atoms. The van der Waals surface area contributed by atoms with Crippen LogP contribution in [0.15, 0.2) is 18.2 Å². The number of hydrogen-bond donors (Lipinski definition) is 1. The van der Waals surface area contributed by atoms with Gasteiger partial charge in [0.2, 0.25) is 0 Å². The molecule has 1 aromatic rings. The molecule has 3 nitrogen and oxygen atoms in total. The van der Waals surface area contributed by atoms with Crippen molar-refractivity contribution in [1.82, 2.24) is 0 Å². The van der Waals surface area contributed by atoms with E-state index in [1.165, 1.54) is 0 Å². The van der Waals surface area contributed by atoms with Crippen LogP contribution < -0.4 is 10.5 Å². The van der Waals surface area contributed by atoms with Gasteiger partial charge < -0.3 is 10.5 Å². The fraction of sp³-hybridized carbons (Fsp3) is 0.300. The molecule has 0 fully saturated rings. The molecule has 74 valence electrons. The van der Waals surface area contributed by atoms with Gasteiger partial charge in [0, 0.05) is 17.1 Å². The second-order valence-electron chi connectivity index (χ2n) is 2.80. The van der Waals surface area contributed by atoms with Crippen LogP contribution in [-0.2, 0) is 0 Å². The van der Waals surface area contributed by atoms with E-state index in [9.17, 15) is 0 Å². The summed E-state index contributed by atoms with van der Waals surface area (Å²) in [5.41, 5.74) is 6.21. The van der Waals surface area contributed by atoms with E-state index in [2.05, 4.69) is 6.07 Å². The van der Waals surface area contributed by atoms with E-state index in [4.69, 9.17) is 27.3 Å². The Morgan fingerprint density at radius 1 is 1.64 bits per heavy atom. The molecule has 1 aromatic carbocycles. The number of nitrogens with zero attached hydrogens (tertiary/aromatic N) is 1. The molecule has 0 heterocycles. The molecule has 0 amide bonds. The third-order valence-electron chi connectivity index (χ3n) is 1.96. The third kappa shape index (κ3) is 2.16. The first-order valence-corrected chi connectivity index (χ1v) is 4.53. The predicted molar refractivity (Wildman–Crippen MR) is 55.4 cm³/mol. The van der Waals surface area contributed by atoms with E-state index >= 15 is 0 Å². The minimum absolute atomic E-state index is 0.257. The Morgan fingerprint density at radius 2 is 2.36 bits per heavy atom. The van der Waals surface area contributed by atoms with Gasteiger partial charge in [-0.1, -0.05) is 11.6 Å². The van der Waals surface area contributed by atoms with E-state index in [-0.39, 0.29) is 12.5 Å². The van der Waals surface area contributed by atoms with Gasteiger partial charge in [-0.2, -0.15) is 5.26 Å². The van der Waals surface area contributed by atoms with E-state index in [1.54, 1.807) is 25.3 Å². The first-order valence-electron chi connectivity index (χ1n) is 4.16. The molecular weight excluding hydrogens is 200 g/mol. The van der Waals surface area contributed by atoms with Crippen LogP contribution >= 0.6 is 11.6 Å². The number of halogens is 1. The lowest BCUT2D eigenvalue weighted by Crippen LogP contribution is -2.11. The second-order valence-corrected chi connectivity index (χ2v) is 3.24. The van der Waals surface area contributed by atoms with Gasteiger partial charge in [0.15, 0.2) is 0 Å². The maximum Gasteiger partial charge on any atom is 0.123 e. The molecule has 1 atom stereocenters. The third-order valence-corrected chi connectivity index (χ3v) is 2.19. The molecule has 0 aliphatic carbocycles. The zero-order valence-corrected chi connectivity index (χ0v) is 8.58. The van der Waals surface area contributed by atoms with Gasteiger partial charge in [0.25, 0.3) is 0 Å². The highest BCUT2D eigenvalue weighted by molar-refractivity contribution is 6.30. The molecule has 0 aliphatic rings. The fourth-order valence-electron chi connectivity index (χ4n) is 1.23. The minimum Gasteiger partial charge on any atom is -0.496 e. The molecule has 0 saturated heterocycles. The molecule has 0 aromatic heterocycles. The summed E-state index contributed by atoms with van der Waals surface area (Å²) in [7, 11) is 1.55. The summed E-state index contributed by atoms with van der Waals surface area (Å²) in [6.07, 6.45) is 0. The summed E-state index contributed by atoms with van der Waals surface area (Å²) in [5.74, 6) is 0.273. The summed E-state index contributed by atoms with van der Waals surface area (Å²) in [6.45, 7) is 0.257. The largest absolute Gasteiger partial charge is 0.496 e. The number of rotatable bonds is 3. The van der Waals surface area contributed by atoms with Gasteiger partial charge in [0.05, 0.1) is 19.1 Å². The summed E-state index contributed by atoms with van der Waals surface area (Å²) in [5, 5.41) is 9.44. The van der Waals surface area contributed by atoms with Crippen molar-refractivity contribution in [3.05, 3.63) is 28.8 Å². The number of hydrogen-bond acceptors (Lipinski definition) is 3. The minimum atomic E-state index is -0.372. The average Bonchev–Trinajstić information content (AvgIpc) is 2.20. The van der Waals surface area contributed by atoms with Crippen LogP contribution in [0.2, 0.25) is 5.02 Å². The van der Waals surface area contributed by atoms with Gasteiger partial charge in [-0.3, -0.25) is 0 Å². The average molecular weight is 211 g/mol. The number of nitriles is 1. The van der Waals surface area contributed by atoms with Gasteiger partial charge >= 0.3 is 0 Å². The van der Waals surface area contributed by atoms with Crippen molar-refractivity contribution in [2.75, 3.05) is 13.7 Å². The predicted octanol–water partition coefficient (Wildman–Crippen LogP) is 1.91. The van der Waals surface area contributed by atoms with Crippen LogP contribution in [0, 0.1) is 11.3 Å². The highest BCUT2D eigenvalue weighted by Crippen LogP contribution is 2.28. The highest BCUT2D eigenvalue weighted by Gasteiger charge is 2.14. The van der Waals surface area contributed by atoms with Crippen molar-refractivity contribution in [3.63, 3.8) is 0 Å². The quantitative estimate of drug-likeness (QED) is 0.829. The first kappa shape index (κ1) is 10.8. The maximum absolute atomic E-state index is 8.86. The van der Waals surface area contributed by atoms with E-state index < -0.39 is 0 Å². The van der Waals surface area contributed by atoms with Crippen LogP contribution in [0.25, 0.3) is 0 Å². The lowest BCUT2D eigenvalue weighted by molar-refractivity contribution is 0.408. The molecule has 0 aliphatic heterocycles. The van der Waals surface area contributed by atoms with Crippen molar-refractivity contribution in [2.24, 2.45) is 5.73 Å². The lowest BCUT2D eigenvalue weighted by Gasteiger charge is -2.11. The molecular formula is C10H11ClN2O. The summed E-state index contributed by atoms with van der Waals surface area (Å²) in [6, 6.07) is 7.27. The number of methoxy groups -OCH3 is 1. The van der Waals surface area contributed by atoms with E-state index in [0.717, 1.165) is 5.56 Å².